The number of carbonyl (C=O) groups excluding carboxylic acids is 1. The zero-order chi connectivity index (χ0) is 20.2. The van der Waals surface area contributed by atoms with Crippen molar-refractivity contribution in [2.24, 2.45) is 4.99 Å². The maximum atomic E-state index is 12.1. The Balaban J connectivity index is 2.29. The molecule has 0 aliphatic rings. The van der Waals surface area contributed by atoms with Crippen molar-refractivity contribution in [2.75, 3.05) is 40.3 Å². The number of hydrogen-bond donors (Lipinski definition) is 3. The summed E-state index contributed by atoms with van der Waals surface area (Å²) < 4.78 is 5.09. The molecular weight excluding hydrogens is 342 g/mol. The van der Waals surface area contributed by atoms with E-state index in [1.165, 1.54) is 0 Å². The number of amides is 1. The van der Waals surface area contributed by atoms with Crippen molar-refractivity contribution in [3.8, 4) is 5.75 Å². The fourth-order valence-electron chi connectivity index (χ4n) is 2.84. The highest BCUT2D eigenvalue weighted by molar-refractivity contribution is 5.94. The Morgan fingerprint density at radius 2 is 1.56 bits per heavy atom. The Morgan fingerprint density at radius 1 is 1.00 bits per heavy atom. The van der Waals surface area contributed by atoms with Gasteiger partial charge >= 0.3 is 0 Å². The van der Waals surface area contributed by atoms with E-state index in [-0.39, 0.29) is 5.91 Å². The number of ether oxygens (including phenoxy) is 1. The highest BCUT2D eigenvalue weighted by atomic mass is 16.5. The first-order valence-corrected chi connectivity index (χ1v) is 9.51. The Morgan fingerprint density at radius 3 is 2.07 bits per heavy atom. The molecule has 7 nitrogen and oxygen atoms in total. The van der Waals surface area contributed by atoms with E-state index in [1.54, 1.807) is 38.4 Å². The molecule has 0 atom stereocenters. The number of carbonyl (C=O) groups is 1. The number of benzene rings is 1. The summed E-state index contributed by atoms with van der Waals surface area (Å²) in [6.07, 6.45) is 0. The van der Waals surface area contributed by atoms with E-state index >= 15 is 0 Å². The van der Waals surface area contributed by atoms with Gasteiger partial charge in [0.05, 0.1) is 7.11 Å². The molecule has 1 aromatic rings. The normalized spacial score (nSPS) is 11.8. The van der Waals surface area contributed by atoms with Crippen LogP contribution in [0.15, 0.2) is 29.3 Å². The molecule has 0 heterocycles. The predicted molar refractivity (Wildman–Crippen MR) is 112 cm³/mol. The standard InChI is InChI=1S/C20H35N5O2/c1-15(2)25(16(3)4)14-13-24-20(21-5)23-12-11-22-19(26)17-7-9-18(27-6)10-8-17/h7-10,15-16H,11-14H2,1-6H3,(H,22,26)(H2,21,23,24). The van der Waals surface area contributed by atoms with Crippen LogP contribution in [0.2, 0.25) is 0 Å². The summed E-state index contributed by atoms with van der Waals surface area (Å²) in [5, 5.41) is 9.41. The zero-order valence-corrected chi connectivity index (χ0v) is 17.5. The van der Waals surface area contributed by atoms with E-state index in [0.717, 1.165) is 24.8 Å². The minimum atomic E-state index is -0.105. The Kier molecular flexibility index (Phi) is 10.3. The second-order valence-corrected chi connectivity index (χ2v) is 6.84. The molecule has 0 bridgehead atoms. The van der Waals surface area contributed by atoms with Crippen LogP contribution in [0.5, 0.6) is 5.75 Å². The molecule has 0 fully saturated rings. The van der Waals surface area contributed by atoms with Crippen molar-refractivity contribution >= 4 is 11.9 Å². The molecule has 0 aliphatic carbocycles. The summed E-state index contributed by atoms with van der Waals surface area (Å²) in [5.41, 5.74) is 0.612. The minimum absolute atomic E-state index is 0.105. The van der Waals surface area contributed by atoms with E-state index in [4.69, 9.17) is 4.74 Å². The van der Waals surface area contributed by atoms with Gasteiger partial charge in [0.1, 0.15) is 5.75 Å². The van der Waals surface area contributed by atoms with Crippen LogP contribution < -0.4 is 20.7 Å². The molecule has 27 heavy (non-hydrogen) atoms. The van der Waals surface area contributed by atoms with E-state index in [9.17, 15) is 4.79 Å². The van der Waals surface area contributed by atoms with Gasteiger partial charge in [-0.25, -0.2) is 0 Å². The topological polar surface area (TPSA) is 78.0 Å². The molecule has 0 radical (unpaired) electrons. The van der Waals surface area contributed by atoms with Crippen LogP contribution in [0.4, 0.5) is 0 Å². The van der Waals surface area contributed by atoms with Crippen molar-refractivity contribution in [1.29, 1.82) is 0 Å². The lowest BCUT2D eigenvalue weighted by Crippen LogP contribution is -2.46. The van der Waals surface area contributed by atoms with Crippen LogP contribution in [-0.2, 0) is 0 Å². The molecule has 1 aromatic carbocycles. The van der Waals surface area contributed by atoms with Gasteiger partial charge in [-0.3, -0.25) is 14.7 Å². The lowest BCUT2D eigenvalue weighted by molar-refractivity contribution is 0.0954. The maximum absolute atomic E-state index is 12.1. The molecule has 3 N–H and O–H groups in total. The summed E-state index contributed by atoms with van der Waals surface area (Å²) >= 11 is 0. The van der Waals surface area contributed by atoms with Gasteiger partial charge in [-0.15, -0.1) is 0 Å². The Hall–Kier alpha value is -2.28. The van der Waals surface area contributed by atoms with Crippen molar-refractivity contribution in [1.82, 2.24) is 20.9 Å². The molecule has 1 amide bonds. The molecular formula is C20H35N5O2. The highest BCUT2D eigenvalue weighted by Crippen LogP contribution is 2.10. The number of methoxy groups -OCH3 is 1. The van der Waals surface area contributed by atoms with E-state index in [1.807, 2.05) is 0 Å². The van der Waals surface area contributed by atoms with E-state index in [0.29, 0.717) is 30.7 Å². The first kappa shape index (κ1) is 22.8. The van der Waals surface area contributed by atoms with Crippen LogP contribution in [0.25, 0.3) is 0 Å². The molecule has 1 rings (SSSR count). The average Bonchev–Trinajstić information content (AvgIpc) is 2.65. The Bertz CT molecular complexity index is 577. The van der Waals surface area contributed by atoms with Crippen LogP contribution >= 0.6 is 0 Å². The molecule has 0 aromatic heterocycles. The van der Waals surface area contributed by atoms with Gasteiger partial charge in [0.2, 0.25) is 0 Å². The van der Waals surface area contributed by atoms with Crippen LogP contribution in [-0.4, -0.2) is 69.2 Å². The lowest BCUT2D eigenvalue weighted by atomic mass is 10.2. The zero-order valence-electron chi connectivity index (χ0n) is 17.5. The molecule has 0 unspecified atom stereocenters. The van der Waals surface area contributed by atoms with Crippen molar-refractivity contribution in [2.45, 2.75) is 39.8 Å². The van der Waals surface area contributed by atoms with Crippen molar-refractivity contribution in [3.63, 3.8) is 0 Å². The molecule has 152 valence electrons. The quantitative estimate of drug-likeness (QED) is 0.329. The first-order valence-electron chi connectivity index (χ1n) is 9.51. The highest BCUT2D eigenvalue weighted by Gasteiger charge is 2.12. The molecule has 7 heteroatoms. The van der Waals surface area contributed by atoms with Gasteiger partial charge < -0.3 is 20.7 Å². The van der Waals surface area contributed by atoms with E-state index < -0.39 is 0 Å². The third-order valence-electron chi connectivity index (χ3n) is 4.27. The van der Waals surface area contributed by atoms with Gasteiger partial charge in [-0.2, -0.15) is 0 Å². The number of guanidine groups is 1. The number of nitrogens with one attached hydrogen (secondary N) is 3. The van der Waals surface area contributed by atoms with Crippen LogP contribution in [0, 0.1) is 0 Å². The fourth-order valence-corrected chi connectivity index (χ4v) is 2.84. The third-order valence-corrected chi connectivity index (χ3v) is 4.27. The fraction of sp³-hybridized carbons (Fsp3) is 0.600. The number of hydrogen-bond acceptors (Lipinski definition) is 4. The van der Waals surface area contributed by atoms with Gasteiger partial charge in [0.15, 0.2) is 5.96 Å². The SMILES string of the molecule is CN=C(NCCNC(=O)c1ccc(OC)cc1)NCCN(C(C)C)C(C)C. The first-order chi connectivity index (χ1) is 12.9. The predicted octanol–water partition coefficient (Wildman–Crippen LogP) is 1.71. The van der Waals surface area contributed by atoms with Gasteiger partial charge in [0.25, 0.3) is 5.91 Å². The molecule has 0 saturated heterocycles. The number of nitrogens with zero attached hydrogens (tertiary/aromatic N) is 2. The van der Waals surface area contributed by atoms with Gasteiger partial charge in [-0.1, -0.05) is 0 Å². The van der Waals surface area contributed by atoms with Gasteiger partial charge in [0, 0.05) is 50.9 Å². The molecule has 0 spiro atoms. The summed E-state index contributed by atoms with van der Waals surface area (Å²) in [4.78, 5) is 18.7. The second-order valence-electron chi connectivity index (χ2n) is 6.84. The Labute approximate surface area is 163 Å². The van der Waals surface area contributed by atoms with Crippen LogP contribution in [0.3, 0.4) is 0 Å². The third kappa shape index (κ3) is 8.30. The lowest BCUT2D eigenvalue weighted by Gasteiger charge is -2.30. The number of rotatable bonds is 10. The molecule has 0 aliphatic heterocycles. The summed E-state index contributed by atoms with van der Waals surface area (Å²) in [5.74, 6) is 1.37. The summed E-state index contributed by atoms with van der Waals surface area (Å²) in [7, 11) is 3.35. The summed E-state index contributed by atoms with van der Waals surface area (Å²) in [6, 6.07) is 8.06. The summed E-state index contributed by atoms with van der Waals surface area (Å²) in [6.45, 7) is 11.7. The van der Waals surface area contributed by atoms with Crippen LogP contribution in [0.1, 0.15) is 38.1 Å². The molecule has 0 saturated carbocycles. The second kappa shape index (κ2) is 12.2. The van der Waals surface area contributed by atoms with Gasteiger partial charge in [-0.05, 0) is 52.0 Å². The monoisotopic (exact) mass is 377 g/mol. The largest absolute Gasteiger partial charge is 0.497 e. The van der Waals surface area contributed by atoms with Crippen molar-refractivity contribution in [3.05, 3.63) is 29.8 Å². The number of aliphatic imine (C=N–C) groups is 1. The van der Waals surface area contributed by atoms with E-state index in [2.05, 4.69) is 53.5 Å². The maximum Gasteiger partial charge on any atom is 0.251 e. The minimum Gasteiger partial charge on any atom is -0.497 e. The smallest absolute Gasteiger partial charge is 0.251 e. The average molecular weight is 378 g/mol. The van der Waals surface area contributed by atoms with Crippen molar-refractivity contribution < 1.29 is 9.53 Å².